The molecule has 4 rings (SSSR count). The van der Waals surface area contributed by atoms with Crippen molar-refractivity contribution in [2.24, 2.45) is 0 Å². The molecule has 4 aromatic rings. The number of hydrogen-bond acceptors (Lipinski definition) is 8. The van der Waals surface area contributed by atoms with Crippen LogP contribution in [0.5, 0.6) is 5.75 Å². The van der Waals surface area contributed by atoms with E-state index in [1.54, 1.807) is 74.0 Å². The SMILES string of the molecule is COc1ccc(Cn2c(=O)nc(NCc3cccnc3N)n(Cc3cccc(C#N)c3)c2=O)cc1. The number of nitrogen functional groups attached to an aromatic ring is 1. The monoisotopic (exact) mass is 469 g/mol. The molecule has 0 spiro atoms. The maximum absolute atomic E-state index is 13.5. The third-order valence-corrected chi connectivity index (χ3v) is 5.41. The zero-order valence-electron chi connectivity index (χ0n) is 19.0. The van der Waals surface area contributed by atoms with Crippen LogP contribution in [-0.2, 0) is 19.6 Å². The number of ether oxygens (including phenoxy) is 1. The molecule has 0 atom stereocenters. The minimum absolute atomic E-state index is 0.0444. The Labute approximate surface area is 200 Å². The molecule has 3 N–H and O–H groups in total. The molecule has 0 radical (unpaired) electrons. The third kappa shape index (κ3) is 5.36. The van der Waals surface area contributed by atoms with Crippen LogP contribution in [0, 0.1) is 11.3 Å². The number of pyridine rings is 1. The third-order valence-electron chi connectivity index (χ3n) is 5.41. The second kappa shape index (κ2) is 10.4. The number of hydrogen-bond donors (Lipinski definition) is 2. The van der Waals surface area contributed by atoms with E-state index < -0.39 is 11.4 Å². The lowest BCUT2D eigenvalue weighted by Crippen LogP contribution is -2.43. The quantitative estimate of drug-likeness (QED) is 0.399. The summed E-state index contributed by atoms with van der Waals surface area (Å²) in [5.41, 5.74) is 7.32. The second-order valence-corrected chi connectivity index (χ2v) is 7.73. The average Bonchev–Trinajstić information content (AvgIpc) is 2.88. The molecule has 10 heteroatoms. The normalized spacial score (nSPS) is 10.5. The number of benzene rings is 2. The van der Waals surface area contributed by atoms with Crippen molar-refractivity contribution in [3.05, 3.63) is 110 Å². The van der Waals surface area contributed by atoms with Gasteiger partial charge in [0.25, 0.3) is 0 Å². The van der Waals surface area contributed by atoms with Crippen LogP contribution in [0.25, 0.3) is 0 Å². The van der Waals surface area contributed by atoms with Gasteiger partial charge in [-0.3, -0.25) is 4.57 Å². The van der Waals surface area contributed by atoms with Gasteiger partial charge in [0, 0.05) is 18.3 Å². The Balaban J connectivity index is 1.74. The first-order chi connectivity index (χ1) is 17.0. The van der Waals surface area contributed by atoms with Gasteiger partial charge in [-0.2, -0.15) is 10.2 Å². The number of aromatic nitrogens is 4. The van der Waals surface area contributed by atoms with Gasteiger partial charge in [-0.1, -0.05) is 30.3 Å². The number of nitrogens with one attached hydrogen (secondary N) is 1. The zero-order chi connectivity index (χ0) is 24.8. The Kier molecular flexibility index (Phi) is 6.88. The lowest BCUT2D eigenvalue weighted by Gasteiger charge is -2.16. The summed E-state index contributed by atoms with van der Waals surface area (Å²) in [4.78, 5) is 34.6. The van der Waals surface area contributed by atoms with Gasteiger partial charge in [0.15, 0.2) is 0 Å². The summed E-state index contributed by atoms with van der Waals surface area (Å²) in [6.45, 7) is 0.365. The van der Waals surface area contributed by atoms with E-state index in [1.165, 1.54) is 4.57 Å². The number of nitrogens with two attached hydrogens (primary N) is 1. The molecule has 0 aliphatic rings. The van der Waals surface area contributed by atoms with E-state index in [4.69, 9.17) is 10.5 Å². The molecule has 10 nitrogen and oxygen atoms in total. The lowest BCUT2D eigenvalue weighted by molar-refractivity contribution is 0.414. The number of methoxy groups -OCH3 is 1. The Hall–Kier alpha value is -4.91. The molecule has 176 valence electrons. The van der Waals surface area contributed by atoms with Gasteiger partial charge in [0.1, 0.15) is 11.6 Å². The first kappa shape index (κ1) is 23.3. The fourth-order valence-electron chi connectivity index (χ4n) is 3.55. The van der Waals surface area contributed by atoms with Crippen molar-refractivity contribution < 1.29 is 4.74 Å². The number of anilines is 2. The largest absolute Gasteiger partial charge is 0.497 e. The van der Waals surface area contributed by atoms with Gasteiger partial charge >= 0.3 is 11.4 Å². The van der Waals surface area contributed by atoms with Crippen LogP contribution < -0.4 is 27.2 Å². The summed E-state index contributed by atoms with van der Waals surface area (Å²) >= 11 is 0. The van der Waals surface area contributed by atoms with Crippen molar-refractivity contribution in [3.8, 4) is 11.8 Å². The molecule has 0 fully saturated rings. The highest BCUT2D eigenvalue weighted by Crippen LogP contribution is 2.13. The zero-order valence-corrected chi connectivity index (χ0v) is 19.0. The van der Waals surface area contributed by atoms with Gasteiger partial charge in [-0.25, -0.2) is 19.1 Å². The summed E-state index contributed by atoms with van der Waals surface area (Å²) in [6, 6.07) is 19.6. The number of rotatable bonds is 8. The standard InChI is InChI=1S/C25H23N7O3/c1-35-21-9-7-17(8-10-21)15-32-24(33)30-23(29-14-20-6-3-11-28-22(20)27)31(25(32)34)16-19-5-2-4-18(12-19)13-26/h2-12H,14-16H2,1H3,(H2,27,28)(H,29,30,33). The van der Waals surface area contributed by atoms with Crippen LogP contribution >= 0.6 is 0 Å². The first-order valence-corrected chi connectivity index (χ1v) is 10.8. The van der Waals surface area contributed by atoms with Crippen LogP contribution in [0.2, 0.25) is 0 Å². The highest BCUT2D eigenvalue weighted by molar-refractivity contribution is 5.41. The van der Waals surface area contributed by atoms with Crippen LogP contribution in [0.3, 0.4) is 0 Å². The van der Waals surface area contributed by atoms with Crippen molar-refractivity contribution in [1.82, 2.24) is 19.1 Å². The summed E-state index contributed by atoms with van der Waals surface area (Å²) in [5, 5.41) is 12.3. The Morgan fingerprint density at radius 2 is 1.80 bits per heavy atom. The fourth-order valence-corrected chi connectivity index (χ4v) is 3.55. The van der Waals surface area contributed by atoms with E-state index in [9.17, 15) is 14.9 Å². The predicted octanol–water partition coefficient (Wildman–Crippen LogP) is 1.97. The van der Waals surface area contributed by atoms with Crippen molar-refractivity contribution in [2.75, 3.05) is 18.2 Å². The number of nitrogens with zero attached hydrogens (tertiary/aromatic N) is 5. The summed E-state index contributed by atoms with van der Waals surface area (Å²) in [6.07, 6.45) is 1.58. The summed E-state index contributed by atoms with van der Waals surface area (Å²) in [5.74, 6) is 1.10. The van der Waals surface area contributed by atoms with Crippen LogP contribution in [0.1, 0.15) is 22.3 Å². The second-order valence-electron chi connectivity index (χ2n) is 7.73. The molecule has 0 unspecified atom stereocenters. The maximum Gasteiger partial charge on any atom is 0.355 e. The molecule has 0 aliphatic carbocycles. The van der Waals surface area contributed by atoms with E-state index in [2.05, 4.69) is 21.4 Å². The smallest absolute Gasteiger partial charge is 0.355 e. The molecule has 0 saturated heterocycles. The Bertz CT molecular complexity index is 1500. The molecule has 35 heavy (non-hydrogen) atoms. The van der Waals surface area contributed by atoms with Crippen molar-refractivity contribution in [2.45, 2.75) is 19.6 Å². The van der Waals surface area contributed by atoms with Gasteiger partial charge in [0.05, 0.1) is 31.8 Å². The highest BCUT2D eigenvalue weighted by Gasteiger charge is 2.15. The lowest BCUT2D eigenvalue weighted by atomic mass is 10.1. The van der Waals surface area contributed by atoms with E-state index in [1.807, 2.05) is 0 Å². The minimum Gasteiger partial charge on any atom is -0.497 e. The minimum atomic E-state index is -0.686. The van der Waals surface area contributed by atoms with Crippen LogP contribution in [-0.4, -0.2) is 26.2 Å². The van der Waals surface area contributed by atoms with Crippen LogP contribution in [0.15, 0.2) is 76.4 Å². The Morgan fingerprint density at radius 1 is 1.03 bits per heavy atom. The molecule has 2 heterocycles. The van der Waals surface area contributed by atoms with E-state index in [0.717, 1.165) is 10.1 Å². The van der Waals surface area contributed by atoms with Crippen molar-refractivity contribution in [3.63, 3.8) is 0 Å². The maximum atomic E-state index is 13.5. The molecule has 0 amide bonds. The summed E-state index contributed by atoms with van der Waals surface area (Å²) in [7, 11) is 1.56. The van der Waals surface area contributed by atoms with E-state index in [0.29, 0.717) is 28.3 Å². The average molecular weight is 470 g/mol. The first-order valence-electron chi connectivity index (χ1n) is 10.8. The molecular weight excluding hydrogens is 446 g/mol. The van der Waals surface area contributed by atoms with Crippen LogP contribution in [0.4, 0.5) is 11.8 Å². The van der Waals surface area contributed by atoms with Gasteiger partial charge in [-0.15, -0.1) is 0 Å². The van der Waals surface area contributed by atoms with Crippen molar-refractivity contribution >= 4 is 11.8 Å². The fraction of sp³-hybridized carbons (Fsp3) is 0.160. The summed E-state index contributed by atoms with van der Waals surface area (Å²) < 4.78 is 7.61. The predicted molar refractivity (Wildman–Crippen MR) is 131 cm³/mol. The molecular formula is C25H23N7O3. The Morgan fingerprint density at radius 3 is 2.51 bits per heavy atom. The molecule has 0 aliphatic heterocycles. The van der Waals surface area contributed by atoms with Gasteiger partial charge in [0.2, 0.25) is 5.95 Å². The molecule has 2 aromatic carbocycles. The van der Waals surface area contributed by atoms with E-state index >= 15 is 0 Å². The number of nitriles is 1. The van der Waals surface area contributed by atoms with Gasteiger partial charge in [-0.05, 0) is 41.5 Å². The highest BCUT2D eigenvalue weighted by atomic mass is 16.5. The van der Waals surface area contributed by atoms with Gasteiger partial charge < -0.3 is 15.8 Å². The van der Waals surface area contributed by atoms with E-state index in [-0.39, 0.29) is 25.6 Å². The van der Waals surface area contributed by atoms with Crippen molar-refractivity contribution in [1.29, 1.82) is 5.26 Å². The topological polar surface area (TPSA) is 141 Å². The molecule has 0 saturated carbocycles. The molecule has 0 bridgehead atoms. The molecule has 2 aromatic heterocycles.